The summed E-state index contributed by atoms with van der Waals surface area (Å²) in [5.41, 5.74) is 0. The summed E-state index contributed by atoms with van der Waals surface area (Å²) in [5.74, 6) is -0.783. The Hall–Kier alpha value is -0.310. The van der Waals surface area contributed by atoms with Gasteiger partial charge in [-0.3, -0.25) is 4.79 Å². The SMILES string of the molecule is CCC1SCC(C(=O)O)N1S(=O)(=O)N(C)C. The molecule has 0 radical (unpaired) electrons. The highest BCUT2D eigenvalue weighted by molar-refractivity contribution is 8.01. The zero-order valence-corrected chi connectivity index (χ0v) is 11.1. The van der Waals surface area contributed by atoms with E-state index in [2.05, 4.69) is 0 Å². The molecule has 2 unspecified atom stereocenters. The topological polar surface area (TPSA) is 77.9 Å². The van der Waals surface area contributed by atoms with Gasteiger partial charge in [0.15, 0.2) is 0 Å². The number of hydrogen-bond acceptors (Lipinski definition) is 4. The first-order valence-electron chi connectivity index (χ1n) is 4.87. The molecule has 1 saturated heterocycles. The molecule has 8 heteroatoms. The van der Waals surface area contributed by atoms with Crippen molar-refractivity contribution >= 4 is 27.9 Å². The number of carboxylic acids is 1. The van der Waals surface area contributed by atoms with Crippen molar-refractivity contribution in [2.45, 2.75) is 24.8 Å². The molecule has 0 spiro atoms. The molecular weight excluding hydrogens is 252 g/mol. The van der Waals surface area contributed by atoms with Gasteiger partial charge in [0, 0.05) is 19.8 Å². The van der Waals surface area contributed by atoms with E-state index in [-0.39, 0.29) is 5.37 Å². The van der Waals surface area contributed by atoms with E-state index in [1.807, 2.05) is 6.92 Å². The van der Waals surface area contributed by atoms with Gasteiger partial charge in [-0.2, -0.15) is 17.0 Å². The highest BCUT2D eigenvalue weighted by Crippen LogP contribution is 2.34. The fourth-order valence-corrected chi connectivity index (χ4v) is 4.68. The Labute approximate surface area is 99.8 Å². The van der Waals surface area contributed by atoms with Crippen LogP contribution in [0.15, 0.2) is 0 Å². The Balaban J connectivity index is 3.08. The van der Waals surface area contributed by atoms with Gasteiger partial charge >= 0.3 is 5.97 Å². The number of carboxylic acid groups (broad SMARTS) is 1. The molecule has 1 fully saturated rings. The highest BCUT2D eigenvalue weighted by atomic mass is 32.2. The molecule has 1 aliphatic heterocycles. The first-order valence-corrected chi connectivity index (χ1v) is 7.32. The van der Waals surface area contributed by atoms with Gasteiger partial charge in [0.25, 0.3) is 10.2 Å². The van der Waals surface area contributed by atoms with Gasteiger partial charge in [-0.1, -0.05) is 6.92 Å². The smallest absolute Gasteiger partial charge is 0.322 e. The van der Waals surface area contributed by atoms with Crippen LogP contribution < -0.4 is 0 Å². The monoisotopic (exact) mass is 268 g/mol. The third kappa shape index (κ3) is 2.34. The minimum Gasteiger partial charge on any atom is -0.480 e. The molecule has 16 heavy (non-hydrogen) atoms. The first-order chi connectivity index (χ1) is 7.32. The van der Waals surface area contributed by atoms with Crippen LogP contribution in [0.2, 0.25) is 0 Å². The zero-order valence-electron chi connectivity index (χ0n) is 9.45. The minimum absolute atomic E-state index is 0.284. The molecular formula is C8H16N2O4S2. The van der Waals surface area contributed by atoms with Crippen molar-refractivity contribution < 1.29 is 18.3 Å². The Morgan fingerprint density at radius 1 is 1.56 bits per heavy atom. The van der Waals surface area contributed by atoms with E-state index >= 15 is 0 Å². The van der Waals surface area contributed by atoms with Crippen LogP contribution >= 0.6 is 11.8 Å². The summed E-state index contributed by atoms with van der Waals surface area (Å²) in [6, 6.07) is -0.956. The maximum atomic E-state index is 12.0. The van der Waals surface area contributed by atoms with Gasteiger partial charge in [-0.15, -0.1) is 11.8 Å². The van der Waals surface area contributed by atoms with Gasteiger partial charge in [0.05, 0.1) is 5.37 Å². The van der Waals surface area contributed by atoms with E-state index in [0.29, 0.717) is 12.2 Å². The van der Waals surface area contributed by atoms with Crippen LogP contribution in [0.5, 0.6) is 0 Å². The lowest BCUT2D eigenvalue weighted by molar-refractivity contribution is -0.140. The van der Waals surface area contributed by atoms with Crippen molar-refractivity contribution in [1.29, 1.82) is 0 Å². The van der Waals surface area contributed by atoms with Crippen LogP contribution in [0.25, 0.3) is 0 Å². The Kier molecular flexibility index (Phi) is 4.22. The van der Waals surface area contributed by atoms with Gasteiger partial charge in [-0.25, -0.2) is 0 Å². The first kappa shape index (κ1) is 13.8. The molecule has 6 nitrogen and oxygen atoms in total. The summed E-state index contributed by atoms with van der Waals surface area (Å²) in [4.78, 5) is 11.0. The maximum absolute atomic E-state index is 12.0. The van der Waals surface area contributed by atoms with Crippen LogP contribution in [-0.2, 0) is 15.0 Å². The quantitative estimate of drug-likeness (QED) is 0.778. The largest absolute Gasteiger partial charge is 0.480 e. The van der Waals surface area contributed by atoms with Crippen LogP contribution in [0.3, 0.4) is 0 Å². The van der Waals surface area contributed by atoms with E-state index in [0.717, 1.165) is 8.61 Å². The number of carbonyl (C=O) groups is 1. The average Bonchev–Trinajstić information content (AvgIpc) is 2.60. The highest BCUT2D eigenvalue weighted by Gasteiger charge is 2.45. The molecule has 0 aromatic rings. The molecule has 2 atom stereocenters. The number of nitrogens with zero attached hydrogens (tertiary/aromatic N) is 2. The number of aliphatic carboxylic acids is 1. The Morgan fingerprint density at radius 3 is 2.50 bits per heavy atom. The summed E-state index contributed by atoms with van der Waals surface area (Å²) in [6.45, 7) is 1.85. The molecule has 94 valence electrons. The van der Waals surface area contributed by atoms with Crippen LogP contribution in [0.1, 0.15) is 13.3 Å². The van der Waals surface area contributed by atoms with E-state index in [1.165, 1.54) is 25.9 Å². The summed E-state index contributed by atoms with van der Waals surface area (Å²) in [7, 11) is -0.854. The molecule has 0 bridgehead atoms. The molecule has 0 aromatic carbocycles. The van der Waals surface area contributed by atoms with Crippen LogP contribution in [0, 0.1) is 0 Å². The Bertz CT molecular complexity index is 368. The third-order valence-electron chi connectivity index (χ3n) is 2.40. The van der Waals surface area contributed by atoms with Gasteiger partial charge in [-0.05, 0) is 6.42 Å². The van der Waals surface area contributed by atoms with Crippen molar-refractivity contribution in [1.82, 2.24) is 8.61 Å². The zero-order chi connectivity index (χ0) is 12.5. The summed E-state index contributed by atoms with van der Waals surface area (Å²) in [6.07, 6.45) is 0.599. The maximum Gasteiger partial charge on any atom is 0.322 e. The fraction of sp³-hybridized carbons (Fsp3) is 0.875. The van der Waals surface area contributed by atoms with Crippen molar-refractivity contribution in [3.8, 4) is 0 Å². The number of thioether (sulfide) groups is 1. The van der Waals surface area contributed by atoms with Crippen molar-refractivity contribution in [2.24, 2.45) is 0 Å². The van der Waals surface area contributed by atoms with E-state index < -0.39 is 22.2 Å². The molecule has 0 saturated carbocycles. The fourth-order valence-electron chi connectivity index (χ4n) is 1.53. The Morgan fingerprint density at radius 2 is 2.12 bits per heavy atom. The molecule has 1 aliphatic rings. The van der Waals surface area contributed by atoms with Crippen LogP contribution in [0.4, 0.5) is 0 Å². The third-order valence-corrected chi connectivity index (χ3v) is 5.95. The van der Waals surface area contributed by atoms with E-state index in [9.17, 15) is 13.2 Å². The van der Waals surface area contributed by atoms with E-state index in [4.69, 9.17) is 5.11 Å². The van der Waals surface area contributed by atoms with Gasteiger partial charge < -0.3 is 5.11 Å². The predicted molar refractivity (Wildman–Crippen MR) is 62.4 cm³/mol. The number of hydrogen-bond donors (Lipinski definition) is 1. The van der Waals surface area contributed by atoms with E-state index in [1.54, 1.807) is 0 Å². The molecule has 1 rings (SSSR count). The second-order valence-corrected chi connectivity index (χ2v) is 6.93. The minimum atomic E-state index is -3.67. The van der Waals surface area contributed by atoms with Crippen molar-refractivity contribution in [2.75, 3.05) is 19.8 Å². The second-order valence-electron chi connectivity index (χ2n) is 3.67. The molecule has 1 heterocycles. The number of rotatable bonds is 4. The molecule has 0 aromatic heterocycles. The molecule has 0 aliphatic carbocycles. The standard InChI is InChI=1S/C8H16N2O4S2/c1-4-7-10(16(13,14)9(2)3)6(5-15-7)8(11)12/h6-7H,4-5H2,1-3H3,(H,11,12). The predicted octanol–water partition coefficient (Wildman–Crippen LogP) is 0.0309. The summed E-state index contributed by atoms with van der Waals surface area (Å²) in [5, 5.41) is 8.72. The summed E-state index contributed by atoms with van der Waals surface area (Å²) < 4.78 is 26.1. The van der Waals surface area contributed by atoms with Crippen molar-refractivity contribution in [3.63, 3.8) is 0 Å². The molecule has 1 N–H and O–H groups in total. The normalized spacial score (nSPS) is 27.5. The molecule has 0 amide bonds. The second kappa shape index (κ2) is 4.91. The lowest BCUT2D eigenvalue weighted by atomic mass is 10.3. The lowest BCUT2D eigenvalue weighted by Gasteiger charge is -2.28. The summed E-state index contributed by atoms with van der Waals surface area (Å²) >= 11 is 1.37. The van der Waals surface area contributed by atoms with Crippen LogP contribution in [-0.4, -0.2) is 59.4 Å². The lowest BCUT2D eigenvalue weighted by Crippen LogP contribution is -2.49. The van der Waals surface area contributed by atoms with Gasteiger partial charge in [0.1, 0.15) is 6.04 Å². The average molecular weight is 268 g/mol. The van der Waals surface area contributed by atoms with Crippen molar-refractivity contribution in [3.05, 3.63) is 0 Å². The van der Waals surface area contributed by atoms with Gasteiger partial charge in [0.2, 0.25) is 0 Å².